The van der Waals surface area contributed by atoms with Crippen LogP contribution in [0.3, 0.4) is 0 Å². The van der Waals surface area contributed by atoms with Crippen LogP contribution < -0.4 is 11.1 Å². The lowest BCUT2D eigenvalue weighted by molar-refractivity contribution is 0.0951. The van der Waals surface area contributed by atoms with Gasteiger partial charge in [0.15, 0.2) is 0 Å². The first kappa shape index (κ1) is 18.8. The molecule has 110 valence electrons. The van der Waals surface area contributed by atoms with Crippen LogP contribution in [-0.4, -0.2) is 15.9 Å². The summed E-state index contributed by atoms with van der Waals surface area (Å²) in [5.41, 5.74) is 9.50. The van der Waals surface area contributed by atoms with Crippen LogP contribution in [0.5, 0.6) is 0 Å². The van der Waals surface area contributed by atoms with Crippen molar-refractivity contribution < 1.29 is 4.79 Å². The van der Waals surface area contributed by atoms with Gasteiger partial charge >= 0.3 is 0 Å². The minimum absolute atomic E-state index is 0. The molecule has 20 heavy (non-hydrogen) atoms. The van der Waals surface area contributed by atoms with Gasteiger partial charge in [0.25, 0.3) is 5.91 Å². The number of thiazole rings is 1. The van der Waals surface area contributed by atoms with Crippen LogP contribution in [0.25, 0.3) is 0 Å². The Morgan fingerprint density at radius 3 is 2.75 bits per heavy atom. The van der Waals surface area contributed by atoms with Gasteiger partial charge in [-0.05, 0) is 19.1 Å². The molecule has 0 fully saturated rings. The summed E-state index contributed by atoms with van der Waals surface area (Å²) >= 11 is 1.54. The highest BCUT2D eigenvalue weighted by molar-refractivity contribution is 7.09. The zero-order valence-corrected chi connectivity index (χ0v) is 13.3. The highest BCUT2D eigenvalue weighted by atomic mass is 35.5. The molecule has 1 amide bonds. The number of rotatable bonds is 4. The van der Waals surface area contributed by atoms with Gasteiger partial charge in [-0.3, -0.25) is 9.78 Å². The maximum Gasteiger partial charge on any atom is 0.251 e. The maximum absolute atomic E-state index is 11.9. The Morgan fingerprint density at radius 2 is 2.15 bits per heavy atom. The average Bonchev–Trinajstić information content (AvgIpc) is 2.81. The van der Waals surface area contributed by atoms with Crippen LogP contribution in [0.2, 0.25) is 0 Å². The molecule has 0 spiro atoms. The molecule has 2 aromatic heterocycles. The van der Waals surface area contributed by atoms with E-state index in [1.54, 1.807) is 23.8 Å². The molecule has 0 saturated carbocycles. The summed E-state index contributed by atoms with van der Waals surface area (Å²) in [6, 6.07) is 3.38. The minimum atomic E-state index is -0.125. The molecular weight excluding hydrogens is 319 g/mol. The third-order valence-electron chi connectivity index (χ3n) is 2.54. The summed E-state index contributed by atoms with van der Waals surface area (Å²) in [6.07, 6.45) is 1.59. The zero-order chi connectivity index (χ0) is 13.0. The molecule has 0 aliphatic carbocycles. The lowest BCUT2D eigenvalue weighted by Gasteiger charge is -2.05. The summed E-state index contributed by atoms with van der Waals surface area (Å²) in [5, 5.41) is 2.86. The maximum atomic E-state index is 11.9. The van der Waals surface area contributed by atoms with Crippen LogP contribution in [0.15, 0.2) is 23.8 Å². The second-order valence-electron chi connectivity index (χ2n) is 3.78. The van der Waals surface area contributed by atoms with Crippen LogP contribution >= 0.6 is 36.2 Å². The Labute approximate surface area is 133 Å². The molecule has 8 heteroatoms. The first-order chi connectivity index (χ1) is 8.70. The highest BCUT2D eigenvalue weighted by Gasteiger charge is 2.08. The van der Waals surface area contributed by atoms with Crippen molar-refractivity contribution in [2.24, 2.45) is 5.73 Å². The van der Waals surface area contributed by atoms with E-state index in [1.807, 2.05) is 6.92 Å². The summed E-state index contributed by atoms with van der Waals surface area (Å²) in [5.74, 6) is -0.125. The molecule has 2 rings (SSSR count). The van der Waals surface area contributed by atoms with Crippen molar-refractivity contribution in [3.05, 3.63) is 45.7 Å². The normalized spacial score (nSPS) is 9.30. The third-order valence-corrected chi connectivity index (χ3v) is 3.48. The Kier molecular flexibility index (Phi) is 8.33. The summed E-state index contributed by atoms with van der Waals surface area (Å²) < 4.78 is 0. The van der Waals surface area contributed by atoms with Gasteiger partial charge in [-0.2, -0.15) is 0 Å². The van der Waals surface area contributed by atoms with Gasteiger partial charge in [-0.1, -0.05) is 0 Å². The first-order valence-electron chi connectivity index (χ1n) is 5.53. The van der Waals surface area contributed by atoms with Gasteiger partial charge in [0, 0.05) is 23.2 Å². The lowest BCUT2D eigenvalue weighted by Crippen LogP contribution is -2.23. The third kappa shape index (κ3) is 4.72. The molecule has 0 aliphatic rings. The average molecular weight is 335 g/mol. The van der Waals surface area contributed by atoms with Crippen molar-refractivity contribution in [1.29, 1.82) is 0 Å². The Balaban J connectivity index is 0.00000180. The van der Waals surface area contributed by atoms with Crippen molar-refractivity contribution in [1.82, 2.24) is 15.3 Å². The van der Waals surface area contributed by atoms with Gasteiger partial charge in [0.1, 0.15) is 0 Å². The quantitative estimate of drug-likeness (QED) is 0.896. The smallest absolute Gasteiger partial charge is 0.251 e. The van der Waals surface area contributed by atoms with Crippen molar-refractivity contribution in [3.63, 3.8) is 0 Å². The van der Waals surface area contributed by atoms with Crippen molar-refractivity contribution in [3.8, 4) is 0 Å². The topological polar surface area (TPSA) is 80.9 Å². The van der Waals surface area contributed by atoms with Gasteiger partial charge in [-0.25, -0.2) is 4.98 Å². The van der Waals surface area contributed by atoms with Gasteiger partial charge in [0.05, 0.1) is 23.4 Å². The fourth-order valence-electron chi connectivity index (χ4n) is 1.49. The minimum Gasteiger partial charge on any atom is -0.347 e. The number of aromatic nitrogens is 2. The number of carbonyl (C=O) groups is 1. The van der Waals surface area contributed by atoms with Crippen LogP contribution in [0, 0.1) is 6.92 Å². The Bertz CT molecular complexity index is 562. The highest BCUT2D eigenvalue weighted by Crippen LogP contribution is 2.11. The van der Waals surface area contributed by atoms with Gasteiger partial charge in [0.2, 0.25) is 0 Å². The number of nitrogens with two attached hydrogens (primary N) is 1. The SMILES string of the molecule is Cc1ncsc1CNC(=O)c1ccnc(CN)c1.Cl.Cl. The van der Waals surface area contributed by atoms with Crippen molar-refractivity contribution in [2.45, 2.75) is 20.0 Å². The van der Waals surface area contributed by atoms with Gasteiger partial charge in [-0.15, -0.1) is 36.2 Å². The number of carbonyl (C=O) groups excluding carboxylic acids is 1. The largest absolute Gasteiger partial charge is 0.347 e. The van der Waals surface area contributed by atoms with Crippen LogP contribution in [0.1, 0.15) is 26.6 Å². The molecule has 0 aliphatic heterocycles. The second-order valence-corrected chi connectivity index (χ2v) is 4.72. The fraction of sp³-hybridized carbons (Fsp3) is 0.250. The Hall–Kier alpha value is -1.21. The molecule has 0 aromatic carbocycles. The number of aryl methyl sites for hydroxylation is 1. The van der Waals surface area contributed by atoms with E-state index < -0.39 is 0 Å². The van der Waals surface area contributed by atoms with E-state index in [-0.39, 0.29) is 30.7 Å². The van der Waals surface area contributed by atoms with E-state index >= 15 is 0 Å². The number of halogens is 2. The van der Waals surface area contributed by atoms with Crippen molar-refractivity contribution in [2.75, 3.05) is 0 Å². The molecular formula is C12H16Cl2N4OS. The number of nitrogens with zero attached hydrogens (tertiary/aromatic N) is 2. The predicted molar refractivity (Wildman–Crippen MR) is 84.6 cm³/mol. The summed E-state index contributed by atoms with van der Waals surface area (Å²) in [7, 11) is 0. The van der Waals surface area contributed by atoms with Gasteiger partial charge < -0.3 is 11.1 Å². The molecule has 3 N–H and O–H groups in total. The molecule has 2 aromatic rings. The molecule has 0 atom stereocenters. The van der Waals surface area contributed by atoms with E-state index in [4.69, 9.17) is 5.73 Å². The zero-order valence-electron chi connectivity index (χ0n) is 10.8. The number of amides is 1. The first-order valence-corrected chi connectivity index (χ1v) is 6.41. The van der Waals surface area contributed by atoms with Crippen LogP contribution in [-0.2, 0) is 13.1 Å². The molecule has 2 heterocycles. The standard InChI is InChI=1S/C12H14N4OS.2ClH/c1-8-11(18-7-16-8)6-15-12(17)9-2-3-14-10(4-9)5-13;;/h2-4,7H,5-6,13H2,1H3,(H,15,17);2*1H. The van der Waals surface area contributed by atoms with E-state index in [1.165, 1.54) is 11.3 Å². The number of hydrogen-bond donors (Lipinski definition) is 2. The van der Waals surface area contributed by atoms with Crippen molar-refractivity contribution >= 4 is 42.1 Å². The molecule has 0 saturated heterocycles. The number of hydrogen-bond acceptors (Lipinski definition) is 5. The molecule has 0 radical (unpaired) electrons. The number of nitrogens with one attached hydrogen (secondary N) is 1. The molecule has 5 nitrogen and oxygen atoms in total. The predicted octanol–water partition coefficient (Wildman–Crippen LogP) is 2.08. The second kappa shape index (κ2) is 8.86. The monoisotopic (exact) mass is 334 g/mol. The van der Waals surface area contributed by atoms with Crippen LogP contribution in [0.4, 0.5) is 0 Å². The van der Waals surface area contributed by atoms with E-state index in [9.17, 15) is 4.79 Å². The van der Waals surface area contributed by atoms with E-state index in [2.05, 4.69) is 15.3 Å². The molecule has 0 bridgehead atoms. The fourth-order valence-corrected chi connectivity index (χ4v) is 2.21. The van der Waals surface area contributed by atoms with E-state index in [0.29, 0.717) is 24.3 Å². The van der Waals surface area contributed by atoms with E-state index in [0.717, 1.165) is 10.6 Å². The summed E-state index contributed by atoms with van der Waals surface area (Å²) in [4.78, 5) is 21.2. The Morgan fingerprint density at radius 1 is 1.40 bits per heavy atom. The lowest BCUT2D eigenvalue weighted by atomic mass is 10.2. The molecule has 0 unspecified atom stereocenters. The number of pyridine rings is 1. The summed E-state index contributed by atoms with van der Waals surface area (Å²) in [6.45, 7) is 2.75.